The second kappa shape index (κ2) is 9.04. The summed E-state index contributed by atoms with van der Waals surface area (Å²) in [7, 11) is 0. The van der Waals surface area contributed by atoms with Crippen LogP contribution in [0.1, 0.15) is 43.9 Å². The predicted octanol–water partition coefficient (Wildman–Crippen LogP) is 5.68. The van der Waals surface area contributed by atoms with Gasteiger partial charge in [-0.3, -0.25) is 0 Å². The number of amides is 3. The van der Waals surface area contributed by atoms with Crippen molar-refractivity contribution in [1.82, 2.24) is 9.80 Å². The fourth-order valence-corrected chi connectivity index (χ4v) is 3.98. The van der Waals surface area contributed by atoms with Crippen LogP contribution in [0.3, 0.4) is 0 Å². The summed E-state index contributed by atoms with van der Waals surface area (Å²) in [6.45, 7) is 6.35. The van der Waals surface area contributed by atoms with Crippen molar-refractivity contribution in [3.8, 4) is 0 Å². The average molecular weight is 473 g/mol. The molecule has 2 heterocycles. The van der Waals surface area contributed by atoms with E-state index in [0.29, 0.717) is 25.2 Å². The lowest BCUT2D eigenvalue weighted by molar-refractivity contribution is 0.0270. The summed E-state index contributed by atoms with van der Waals surface area (Å²) in [6, 6.07) is 7.67. The molecule has 0 atom stereocenters. The van der Waals surface area contributed by atoms with Crippen LogP contribution in [-0.4, -0.2) is 40.6 Å². The van der Waals surface area contributed by atoms with Gasteiger partial charge in [0.2, 0.25) is 0 Å². The SMILES string of the molecule is CC(C)(C)OC(=O)N1CC=C(c2ccc(NC(=O)N3Cc4cc(F)c(F)c(F)c4C3)cc2)CC1. The molecule has 9 heteroatoms. The molecule has 0 aliphatic carbocycles. The van der Waals surface area contributed by atoms with Gasteiger partial charge < -0.3 is 19.9 Å². The third-order valence-electron chi connectivity index (χ3n) is 5.72. The van der Waals surface area contributed by atoms with E-state index in [-0.39, 0.29) is 30.3 Å². The molecule has 0 saturated heterocycles. The first-order chi connectivity index (χ1) is 16.0. The molecule has 6 nitrogen and oxygen atoms in total. The van der Waals surface area contributed by atoms with Crippen molar-refractivity contribution in [2.75, 3.05) is 18.4 Å². The Morgan fingerprint density at radius 1 is 1.00 bits per heavy atom. The fourth-order valence-electron chi connectivity index (χ4n) is 3.98. The Labute approximate surface area is 196 Å². The van der Waals surface area contributed by atoms with E-state index in [9.17, 15) is 22.8 Å². The van der Waals surface area contributed by atoms with Gasteiger partial charge in [-0.25, -0.2) is 22.8 Å². The summed E-state index contributed by atoms with van der Waals surface area (Å²) in [5.41, 5.74) is 2.31. The maximum absolute atomic E-state index is 14.0. The minimum absolute atomic E-state index is 0.00550. The van der Waals surface area contributed by atoms with Crippen molar-refractivity contribution in [1.29, 1.82) is 0 Å². The van der Waals surface area contributed by atoms with Gasteiger partial charge in [0.15, 0.2) is 17.5 Å². The molecular weight excluding hydrogens is 447 g/mol. The molecule has 4 rings (SSSR count). The van der Waals surface area contributed by atoms with Crippen molar-refractivity contribution in [3.05, 3.63) is 70.5 Å². The zero-order valence-corrected chi connectivity index (χ0v) is 19.3. The van der Waals surface area contributed by atoms with Crippen LogP contribution in [0, 0.1) is 17.5 Å². The minimum Gasteiger partial charge on any atom is -0.444 e. The quantitative estimate of drug-likeness (QED) is 0.572. The Morgan fingerprint density at radius 3 is 2.32 bits per heavy atom. The number of halogens is 3. The molecule has 2 aromatic rings. The predicted molar refractivity (Wildman–Crippen MR) is 121 cm³/mol. The molecule has 0 radical (unpaired) electrons. The molecule has 0 spiro atoms. The molecule has 0 saturated carbocycles. The number of rotatable bonds is 2. The van der Waals surface area contributed by atoms with E-state index in [1.165, 1.54) is 4.90 Å². The molecule has 0 aromatic heterocycles. The van der Waals surface area contributed by atoms with Gasteiger partial charge in [0.25, 0.3) is 0 Å². The number of nitrogens with one attached hydrogen (secondary N) is 1. The van der Waals surface area contributed by atoms with Crippen LogP contribution < -0.4 is 5.32 Å². The van der Waals surface area contributed by atoms with Crippen molar-refractivity contribution in [2.24, 2.45) is 0 Å². The van der Waals surface area contributed by atoms with Crippen molar-refractivity contribution >= 4 is 23.4 Å². The maximum atomic E-state index is 14.0. The van der Waals surface area contributed by atoms with Gasteiger partial charge in [0, 0.05) is 30.9 Å². The Kier molecular flexibility index (Phi) is 6.29. The molecule has 2 aliphatic rings. The maximum Gasteiger partial charge on any atom is 0.410 e. The fraction of sp³-hybridized carbons (Fsp3) is 0.360. The van der Waals surface area contributed by atoms with Gasteiger partial charge in [-0.15, -0.1) is 0 Å². The van der Waals surface area contributed by atoms with Crippen LogP contribution in [0.5, 0.6) is 0 Å². The molecule has 0 fully saturated rings. The molecule has 1 N–H and O–H groups in total. The Morgan fingerprint density at radius 2 is 1.71 bits per heavy atom. The molecule has 180 valence electrons. The van der Waals surface area contributed by atoms with Crippen molar-refractivity contribution in [2.45, 2.75) is 45.9 Å². The van der Waals surface area contributed by atoms with Crippen LogP contribution in [0.25, 0.3) is 5.57 Å². The third-order valence-corrected chi connectivity index (χ3v) is 5.72. The topological polar surface area (TPSA) is 61.9 Å². The smallest absolute Gasteiger partial charge is 0.410 e. The molecule has 2 aromatic carbocycles. The lowest BCUT2D eigenvalue weighted by atomic mass is 9.99. The number of carbonyl (C=O) groups excluding carboxylic acids is 2. The number of hydrogen-bond acceptors (Lipinski definition) is 3. The summed E-state index contributed by atoms with van der Waals surface area (Å²) in [6.07, 6.45) is 2.32. The summed E-state index contributed by atoms with van der Waals surface area (Å²) in [5, 5.41) is 2.73. The first kappa shape index (κ1) is 23.7. The van der Waals surface area contributed by atoms with Crippen LogP contribution in [0.15, 0.2) is 36.4 Å². The number of ether oxygens (including phenoxy) is 1. The molecule has 34 heavy (non-hydrogen) atoms. The summed E-state index contributed by atoms with van der Waals surface area (Å²) in [5.74, 6) is -4.04. The standard InChI is InChI=1S/C25H26F3N3O3/c1-25(2,3)34-24(33)30-10-8-16(9-11-30)15-4-6-18(7-5-15)29-23(32)31-13-17-12-20(26)22(28)21(27)19(17)14-31/h4-8,12H,9-11,13-14H2,1-3H3,(H,29,32). The lowest BCUT2D eigenvalue weighted by Gasteiger charge is -2.29. The third kappa shape index (κ3) is 5.03. The van der Waals surface area contributed by atoms with E-state index in [1.807, 2.05) is 39.0 Å². The highest BCUT2D eigenvalue weighted by Crippen LogP contribution is 2.29. The molecule has 2 aliphatic heterocycles. The van der Waals surface area contributed by atoms with Gasteiger partial charge in [-0.1, -0.05) is 18.2 Å². The van der Waals surface area contributed by atoms with E-state index in [4.69, 9.17) is 4.74 Å². The number of benzene rings is 2. The molecule has 0 unspecified atom stereocenters. The van der Waals surface area contributed by atoms with Gasteiger partial charge in [0.05, 0.1) is 6.54 Å². The molecule has 3 amide bonds. The first-order valence-corrected chi connectivity index (χ1v) is 11.0. The van der Waals surface area contributed by atoms with Gasteiger partial charge in [-0.2, -0.15) is 0 Å². The van der Waals surface area contributed by atoms with E-state index in [2.05, 4.69) is 5.32 Å². The van der Waals surface area contributed by atoms with E-state index in [0.717, 1.165) is 17.2 Å². The van der Waals surface area contributed by atoms with E-state index < -0.39 is 29.1 Å². The van der Waals surface area contributed by atoms with Gasteiger partial charge in [0.1, 0.15) is 5.60 Å². The van der Waals surface area contributed by atoms with E-state index in [1.54, 1.807) is 17.0 Å². The summed E-state index contributed by atoms with van der Waals surface area (Å²) < 4.78 is 46.3. The number of fused-ring (bicyclic) bond motifs is 1. The number of hydrogen-bond donors (Lipinski definition) is 1. The lowest BCUT2D eigenvalue weighted by Crippen LogP contribution is -2.39. The second-order valence-corrected chi connectivity index (χ2v) is 9.39. The number of carbonyl (C=O) groups is 2. The van der Waals surface area contributed by atoms with Crippen molar-refractivity contribution in [3.63, 3.8) is 0 Å². The largest absolute Gasteiger partial charge is 0.444 e. The first-order valence-electron chi connectivity index (χ1n) is 11.0. The Balaban J connectivity index is 1.35. The highest BCUT2D eigenvalue weighted by molar-refractivity contribution is 5.90. The minimum atomic E-state index is -1.53. The zero-order valence-electron chi connectivity index (χ0n) is 19.3. The van der Waals surface area contributed by atoms with Crippen LogP contribution in [-0.2, 0) is 17.8 Å². The normalized spacial score (nSPS) is 15.6. The number of anilines is 1. The molecule has 0 bridgehead atoms. The van der Waals surface area contributed by atoms with E-state index >= 15 is 0 Å². The Hall–Kier alpha value is -3.49. The number of urea groups is 1. The van der Waals surface area contributed by atoms with Gasteiger partial charge in [-0.05, 0) is 62.1 Å². The van der Waals surface area contributed by atoms with Crippen molar-refractivity contribution < 1.29 is 27.5 Å². The second-order valence-electron chi connectivity index (χ2n) is 9.39. The monoisotopic (exact) mass is 473 g/mol. The highest BCUT2D eigenvalue weighted by Gasteiger charge is 2.29. The summed E-state index contributed by atoms with van der Waals surface area (Å²) in [4.78, 5) is 27.7. The van der Waals surface area contributed by atoms with Crippen LogP contribution in [0.2, 0.25) is 0 Å². The molecular formula is C25H26F3N3O3. The average Bonchev–Trinajstić information content (AvgIpc) is 3.21. The zero-order chi connectivity index (χ0) is 24.6. The Bertz CT molecular complexity index is 1160. The summed E-state index contributed by atoms with van der Waals surface area (Å²) >= 11 is 0. The highest BCUT2D eigenvalue weighted by atomic mass is 19.2. The van der Waals surface area contributed by atoms with Gasteiger partial charge >= 0.3 is 12.1 Å². The van der Waals surface area contributed by atoms with Crippen LogP contribution >= 0.6 is 0 Å². The number of nitrogens with zero attached hydrogens (tertiary/aromatic N) is 2. The van der Waals surface area contributed by atoms with Crippen LogP contribution in [0.4, 0.5) is 28.4 Å².